The van der Waals surface area contributed by atoms with Gasteiger partial charge in [-0.2, -0.15) is 16.7 Å². The molecule has 1 atom stereocenters. The number of thioether (sulfide) groups is 1. The van der Waals surface area contributed by atoms with Crippen LogP contribution < -0.4 is 10.6 Å². The van der Waals surface area contributed by atoms with E-state index in [1.165, 1.54) is 18.6 Å². The minimum absolute atomic E-state index is 0.381. The molecule has 0 unspecified atom stereocenters. The lowest BCUT2D eigenvalue weighted by Gasteiger charge is -2.33. The molecule has 1 saturated heterocycles. The van der Waals surface area contributed by atoms with Gasteiger partial charge in [-0.1, -0.05) is 0 Å². The Bertz CT molecular complexity index is 361. The third-order valence-corrected chi connectivity index (χ3v) is 3.91. The van der Waals surface area contributed by atoms with Gasteiger partial charge in [-0.25, -0.2) is 4.98 Å². The largest absolute Gasteiger partial charge is 0.368 e. The molecule has 0 amide bonds. The molecule has 2 rings (SSSR count). The predicted octanol–water partition coefficient (Wildman–Crippen LogP) is 1.95. The molecule has 1 aromatic heterocycles. The number of nitrogens with zero attached hydrogens (tertiary/aromatic N) is 3. The van der Waals surface area contributed by atoms with Gasteiger partial charge in [0.1, 0.15) is 5.82 Å². The summed E-state index contributed by atoms with van der Waals surface area (Å²) in [5.41, 5.74) is 6.65. The molecule has 1 aliphatic rings. The molecular formula is C12H20N4S. The van der Waals surface area contributed by atoms with Crippen molar-refractivity contribution in [2.75, 3.05) is 35.7 Å². The topological polar surface area (TPSA) is 55.0 Å². The van der Waals surface area contributed by atoms with E-state index in [4.69, 9.17) is 5.73 Å². The highest BCUT2D eigenvalue weighted by Crippen LogP contribution is 2.24. The van der Waals surface area contributed by atoms with Crippen molar-refractivity contribution < 1.29 is 0 Å². The van der Waals surface area contributed by atoms with Crippen molar-refractivity contribution in [2.24, 2.45) is 5.92 Å². The van der Waals surface area contributed by atoms with E-state index < -0.39 is 0 Å². The minimum Gasteiger partial charge on any atom is -0.368 e. The van der Waals surface area contributed by atoms with Crippen LogP contribution in [0.5, 0.6) is 0 Å². The summed E-state index contributed by atoms with van der Waals surface area (Å²) >= 11 is 1.93. The highest BCUT2D eigenvalue weighted by atomic mass is 32.2. The van der Waals surface area contributed by atoms with Crippen LogP contribution in [0.1, 0.15) is 18.5 Å². The molecule has 0 spiro atoms. The summed E-state index contributed by atoms with van der Waals surface area (Å²) in [6.45, 7) is 4.14. The summed E-state index contributed by atoms with van der Waals surface area (Å²) < 4.78 is 0. The smallest absolute Gasteiger partial charge is 0.222 e. The van der Waals surface area contributed by atoms with Crippen LogP contribution in [-0.4, -0.2) is 35.1 Å². The minimum atomic E-state index is 0.381. The van der Waals surface area contributed by atoms with Crippen molar-refractivity contribution in [3.05, 3.63) is 11.8 Å². The Morgan fingerprint density at radius 2 is 2.35 bits per heavy atom. The lowest BCUT2D eigenvalue weighted by Crippen LogP contribution is -2.37. The maximum absolute atomic E-state index is 5.71. The fourth-order valence-electron chi connectivity index (χ4n) is 2.38. The second-order valence-corrected chi connectivity index (χ2v) is 5.55. The first-order valence-electron chi connectivity index (χ1n) is 6.04. The van der Waals surface area contributed by atoms with Crippen LogP contribution in [-0.2, 0) is 0 Å². The summed E-state index contributed by atoms with van der Waals surface area (Å²) in [5.74, 6) is 3.37. The van der Waals surface area contributed by atoms with Crippen molar-refractivity contribution in [1.82, 2.24) is 9.97 Å². The van der Waals surface area contributed by atoms with E-state index in [1.54, 1.807) is 0 Å². The van der Waals surface area contributed by atoms with Crippen LogP contribution in [0.4, 0.5) is 11.8 Å². The summed E-state index contributed by atoms with van der Waals surface area (Å²) in [4.78, 5) is 10.8. The fraction of sp³-hybridized carbons (Fsp3) is 0.667. The number of nitrogen functional groups attached to an aromatic ring is 1. The van der Waals surface area contributed by atoms with Crippen molar-refractivity contribution in [2.45, 2.75) is 19.8 Å². The molecular weight excluding hydrogens is 232 g/mol. The predicted molar refractivity (Wildman–Crippen MR) is 74.5 cm³/mol. The molecule has 94 valence electrons. The highest BCUT2D eigenvalue weighted by molar-refractivity contribution is 7.98. The van der Waals surface area contributed by atoms with E-state index in [9.17, 15) is 0 Å². The van der Waals surface area contributed by atoms with Crippen molar-refractivity contribution in [3.8, 4) is 0 Å². The van der Waals surface area contributed by atoms with Gasteiger partial charge in [0.2, 0.25) is 5.95 Å². The molecule has 2 N–H and O–H groups in total. The van der Waals surface area contributed by atoms with Gasteiger partial charge in [-0.15, -0.1) is 0 Å². The number of hydrogen-bond acceptors (Lipinski definition) is 5. The van der Waals surface area contributed by atoms with Crippen LogP contribution in [0.15, 0.2) is 6.07 Å². The molecule has 0 aliphatic carbocycles. The Labute approximate surface area is 107 Å². The van der Waals surface area contributed by atoms with Crippen molar-refractivity contribution in [3.63, 3.8) is 0 Å². The zero-order valence-corrected chi connectivity index (χ0v) is 11.3. The summed E-state index contributed by atoms with van der Waals surface area (Å²) in [7, 11) is 0. The van der Waals surface area contributed by atoms with Gasteiger partial charge in [0.25, 0.3) is 0 Å². The number of hydrogen-bond donors (Lipinski definition) is 1. The Kier molecular flexibility index (Phi) is 4.10. The Hall–Kier alpha value is -0.970. The van der Waals surface area contributed by atoms with E-state index in [1.807, 2.05) is 24.8 Å². The first-order valence-corrected chi connectivity index (χ1v) is 7.43. The lowest BCUT2D eigenvalue weighted by molar-refractivity contribution is 0.451. The SMILES string of the molecule is CSC[C@H]1CCCN(c2cc(C)nc(N)n2)C1. The molecule has 0 bridgehead atoms. The molecule has 1 aliphatic heterocycles. The van der Waals surface area contributed by atoms with Crippen LogP contribution in [0.3, 0.4) is 0 Å². The van der Waals surface area contributed by atoms with E-state index >= 15 is 0 Å². The third-order valence-electron chi connectivity index (χ3n) is 3.10. The fourth-order valence-corrected chi connectivity index (χ4v) is 3.12. The van der Waals surface area contributed by atoms with Gasteiger partial charge in [0.15, 0.2) is 0 Å². The van der Waals surface area contributed by atoms with Crippen LogP contribution >= 0.6 is 11.8 Å². The second-order valence-electron chi connectivity index (χ2n) is 4.64. The van der Waals surface area contributed by atoms with Crippen LogP contribution in [0.2, 0.25) is 0 Å². The van der Waals surface area contributed by atoms with Gasteiger partial charge < -0.3 is 10.6 Å². The molecule has 1 fully saturated rings. The number of piperidine rings is 1. The number of aromatic nitrogens is 2. The summed E-state index contributed by atoms with van der Waals surface area (Å²) in [6, 6.07) is 2.03. The molecule has 0 radical (unpaired) electrons. The van der Waals surface area contributed by atoms with Gasteiger partial charge in [0.05, 0.1) is 0 Å². The number of aryl methyl sites for hydroxylation is 1. The summed E-state index contributed by atoms with van der Waals surface area (Å²) in [6.07, 6.45) is 4.75. The molecule has 2 heterocycles. The normalized spacial score (nSPS) is 20.6. The van der Waals surface area contributed by atoms with E-state index in [-0.39, 0.29) is 0 Å². The number of nitrogens with two attached hydrogens (primary N) is 1. The number of rotatable bonds is 3. The Morgan fingerprint density at radius 3 is 3.06 bits per heavy atom. The third kappa shape index (κ3) is 3.25. The zero-order chi connectivity index (χ0) is 12.3. The zero-order valence-electron chi connectivity index (χ0n) is 10.5. The van der Waals surface area contributed by atoms with E-state index in [0.29, 0.717) is 5.95 Å². The van der Waals surface area contributed by atoms with Crippen LogP contribution in [0.25, 0.3) is 0 Å². The molecule has 4 nitrogen and oxygen atoms in total. The Balaban J connectivity index is 2.10. The van der Waals surface area contributed by atoms with Crippen LogP contribution in [0, 0.1) is 12.8 Å². The molecule has 0 aromatic carbocycles. The highest BCUT2D eigenvalue weighted by Gasteiger charge is 2.20. The van der Waals surface area contributed by atoms with Gasteiger partial charge in [-0.05, 0) is 37.7 Å². The van der Waals surface area contributed by atoms with Gasteiger partial charge in [-0.3, -0.25) is 0 Å². The van der Waals surface area contributed by atoms with Crippen molar-refractivity contribution >= 4 is 23.5 Å². The monoisotopic (exact) mass is 252 g/mol. The molecule has 1 aromatic rings. The first-order chi connectivity index (χ1) is 8.19. The average Bonchev–Trinajstić information content (AvgIpc) is 2.28. The first kappa shape index (κ1) is 12.5. The second kappa shape index (κ2) is 5.58. The van der Waals surface area contributed by atoms with E-state index in [0.717, 1.165) is 30.5 Å². The Morgan fingerprint density at radius 1 is 1.53 bits per heavy atom. The van der Waals surface area contributed by atoms with Gasteiger partial charge >= 0.3 is 0 Å². The maximum atomic E-state index is 5.71. The van der Waals surface area contributed by atoms with Gasteiger partial charge in [0, 0.05) is 24.8 Å². The van der Waals surface area contributed by atoms with Crippen molar-refractivity contribution in [1.29, 1.82) is 0 Å². The quantitative estimate of drug-likeness (QED) is 0.891. The molecule has 0 saturated carbocycles. The average molecular weight is 252 g/mol. The number of anilines is 2. The lowest BCUT2D eigenvalue weighted by atomic mass is 10.00. The standard InChI is InChI=1S/C12H20N4S/c1-9-6-11(15-12(13)14-9)16-5-3-4-10(7-16)8-17-2/h6,10H,3-5,7-8H2,1-2H3,(H2,13,14,15)/t10-/m0/s1. The maximum Gasteiger partial charge on any atom is 0.222 e. The molecule has 17 heavy (non-hydrogen) atoms. The molecule has 5 heteroatoms. The summed E-state index contributed by atoms with van der Waals surface area (Å²) in [5, 5.41) is 0. The van der Waals surface area contributed by atoms with E-state index in [2.05, 4.69) is 21.1 Å².